The van der Waals surface area contributed by atoms with E-state index in [-0.39, 0.29) is 11.3 Å². The Hall–Kier alpha value is -2.29. The molecule has 0 saturated heterocycles. The number of para-hydroxylation sites is 1. The van der Waals surface area contributed by atoms with Gasteiger partial charge in [-0.25, -0.2) is 0 Å². The number of carbonyl (C=O) groups is 1. The Kier molecular flexibility index (Phi) is 5.09. The third-order valence-corrected chi connectivity index (χ3v) is 3.84. The van der Waals surface area contributed by atoms with Crippen LogP contribution in [0.15, 0.2) is 48.5 Å². The molecular weight excluding hydrogens is 286 g/mol. The van der Waals surface area contributed by atoms with Crippen LogP contribution in [-0.2, 0) is 10.2 Å². The number of amides is 1. The van der Waals surface area contributed by atoms with Crippen LogP contribution in [-0.4, -0.2) is 13.0 Å². The topological polar surface area (TPSA) is 29.5 Å². The Morgan fingerprint density at radius 3 is 2.17 bits per heavy atom. The summed E-state index contributed by atoms with van der Waals surface area (Å²) in [7, 11) is 1.64. The molecule has 0 aromatic heterocycles. The van der Waals surface area contributed by atoms with Crippen LogP contribution in [0.3, 0.4) is 0 Å². The van der Waals surface area contributed by atoms with Gasteiger partial charge in [0.1, 0.15) is 5.75 Å². The lowest BCUT2D eigenvalue weighted by Gasteiger charge is -2.30. The zero-order chi connectivity index (χ0) is 17.0. The van der Waals surface area contributed by atoms with E-state index in [1.165, 1.54) is 0 Å². The number of carbonyl (C=O) groups excluding carboxylic acids is 1. The lowest BCUT2D eigenvalue weighted by Crippen LogP contribution is -2.28. The number of rotatable bonds is 4. The van der Waals surface area contributed by atoms with Crippen molar-refractivity contribution in [2.45, 2.75) is 39.5 Å². The monoisotopic (exact) mass is 311 g/mol. The van der Waals surface area contributed by atoms with Gasteiger partial charge in [-0.1, -0.05) is 45.9 Å². The molecule has 0 bridgehead atoms. The van der Waals surface area contributed by atoms with Gasteiger partial charge in [-0.2, -0.15) is 0 Å². The van der Waals surface area contributed by atoms with Gasteiger partial charge in [-0.3, -0.25) is 9.69 Å². The Labute approximate surface area is 138 Å². The molecule has 0 aliphatic rings. The van der Waals surface area contributed by atoms with Crippen LogP contribution in [0.5, 0.6) is 5.75 Å². The minimum atomic E-state index is -0.0463. The molecule has 0 aliphatic carbocycles. The molecule has 0 fully saturated rings. The number of hydrogen-bond acceptors (Lipinski definition) is 2. The maximum Gasteiger partial charge on any atom is 0.231 e. The number of hydrogen-bond donors (Lipinski definition) is 0. The Bertz CT molecular complexity index is 669. The molecule has 0 aliphatic heterocycles. The van der Waals surface area contributed by atoms with Crippen molar-refractivity contribution in [3.8, 4) is 5.75 Å². The second-order valence-corrected chi connectivity index (χ2v) is 6.55. The van der Waals surface area contributed by atoms with Gasteiger partial charge < -0.3 is 4.74 Å². The van der Waals surface area contributed by atoms with Gasteiger partial charge in [0.25, 0.3) is 0 Å². The van der Waals surface area contributed by atoms with Crippen molar-refractivity contribution in [1.82, 2.24) is 0 Å². The van der Waals surface area contributed by atoms with Crippen LogP contribution in [0.25, 0.3) is 0 Å². The van der Waals surface area contributed by atoms with Crippen molar-refractivity contribution >= 4 is 17.3 Å². The molecule has 0 heterocycles. The summed E-state index contributed by atoms with van der Waals surface area (Å²) in [4.78, 5) is 14.4. The van der Waals surface area contributed by atoms with Gasteiger partial charge >= 0.3 is 0 Å². The lowest BCUT2D eigenvalue weighted by atomic mass is 9.85. The van der Waals surface area contributed by atoms with E-state index in [1.54, 1.807) is 12.0 Å². The fourth-order valence-corrected chi connectivity index (χ4v) is 2.61. The average Bonchev–Trinajstić information content (AvgIpc) is 2.55. The Morgan fingerprint density at radius 1 is 1.04 bits per heavy atom. The molecule has 0 unspecified atom stereocenters. The molecule has 0 N–H and O–H groups in total. The quantitative estimate of drug-likeness (QED) is 0.789. The molecule has 3 heteroatoms. The van der Waals surface area contributed by atoms with Gasteiger partial charge in [0.2, 0.25) is 5.91 Å². The number of benzene rings is 2. The highest BCUT2D eigenvalue weighted by Gasteiger charge is 2.24. The molecule has 3 nitrogen and oxygen atoms in total. The summed E-state index contributed by atoms with van der Waals surface area (Å²) >= 11 is 0. The fraction of sp³-hybridized carbons (Fsp3) is 0.350. The van der Waals surface area contributed by atoms with E-state index < -0.39 is 0 Å². The van der Waals surface area contributed by atoms with Crippen LogP contribution < -0.4 is 9.64 Å². The van der Waals surface area contributed by atoms with Crippen molar-refractivity contribution in [1.29, 1.82) is 0 Å². The van der Waals surface area contributed by atoms with E-state index in [0.29, 0.717) is 6.42 Å². The van der Waals surface area contributed by atoms with E-state index in [9.17, 15) is 4.79 Å². The number of methoxy groups -OCH3 is 1. The average molecular weight is 311 g/mol. The molecule has 2 aromatic rings. The van der Waals surface area contributed by atoms with Gasteiger partial charge in [-0.05, 0) is 41.3 Å². The van der Waals surface area contributed by atoms with Crippen LogP contribution >= 0.6 is 0 Å². The Balaban J connectivity index is 2.58. The van der Waals surface area contributed by atoms with Crippen LogP contribution in [0, 0.1) is 0 Å². The van der Waals surface area contributed by atoms with E-state index in [1.807, 2.05) is 49.4 Å². The Morgan fingerprint density at radius 2 is 1.65 bits per heavy atom. The van der Waals surface area contributed by atoms with Crippen molar-refractivity contribution in [3.05, 3.63) is 54.1 Å². The highest BCUT2D eigenvalue weighted by atomic mass is 16.5. The molecule has 2 aromatic carbocycles. The largest absolute Gasteiger partial charge is 0.497 e. The van der Waals surface area contributed by atoms with Gasteiger partial charge in [0, 0.05) is 12.1 Å². The molecule has 0 spiro atoms. The van der Waals surface area contributed by atoms with Crippen LogP contribution in [0.2, 0.25) is 0 Å². The van der Waals surface area contributed by atoms with Gasteiger partial charge in [0.05, 0.1) is 12.8 Å². The summed E-state index contributed by atoms with van der Waals surface area (Å²) in [5.74, 6) is 0.855. The molecule has 2 rings (SSSR count). The third kappa shape index (κ3) is 3.73. The lowest BCUT2D eigenvalue weighted by molar-refractivity contribution is -0.117. The first kappa shape index (κ1) is 17.1. The summed E-state index contributed by atoms with van der Waals surface area (Å²) in [6.45, 7) is 8.37. The van der Waals surface area contributed by atoms with E-state index in [0.717, 1.165) is 22.7 Å². The summed E-state index contributed by atoms with van der Waals surface area (Å²) in [5.41, 5.74) is 2.90. The molecule has 1 amide bonds. The summed E-state index contributed by atoms with van der Waals surface area (Å²) in [6.07, 6.45) is 0.449. The predicted octanol–water partition coefficient (Wildman–Crippen LogP) is 5.07. The van der Waals surface area contributed by atoms with Crippen molar-refractivity contribution in [2.24, 2.45) is 0 Å². The second kappa shape index (κ2) is 6.86. The minimum Gasteiger partial charge on any atom is -0.497 e. The summed E-state index contributed by atoms with van der Waals surface area (Å²) in [5, 5.41) is 0. The van der Waals surface area contributed by atoms with Gasteiger partial charge in [0.15, 0.2) is 0 Å². The summed E-state index contributed by atoms with van der Waals surface area (Å²) < 4.78 is 5.22. The third-order valence-electron chi connectivity index (χ3n) is 3.84. The molecule has 122 valence electrons. The standard InChI is InChI=1S/C20H25NO2/c1-6-19(22)21(15-11-13-16(23-5)14-12-15)18-10-8-7-9-17(18)20(2,3)4/h7-14H,6H2,1-5H3. The fourth-order valence-electron chi connectivity index (χ4n) is 2.61. The maximum absolute atomic E-state index is 12.6. The molecule has 0 saturated carbocycles. The first-order chi connectivity index (χ1) is 10.9. The number of anilines is 2. The van der Waals surface area contributed by atoms with E-state index in [4.69, 9.17) is 4.74 Å². The minimum absolute atomic E-state index is 0.0463. The zero-order valence-electron chi connectivity index (χ0n) is 14.6. The smallest absolute Gasteiger partial charge is 0.231 e. The predicted molar refractivity (Wildman–Crippen MR) is 95.6 cm³/mol. The van der Waals surface area contributed by atoms with Crippen LogP contribution in [0.1, 0.15) is 39.7 Å². The van der Waals surface area contributed by atoms with E-state index in [2.05, 4.69) is 26.8 Å². The summed E-state index contributed by atoms with van der Waals surface area (Å²) in [6, 6.07) is 15.7. The number of ether oxygens (including phenoxy) is 1. The maximum atomic E-state index is 12.6. The molecule has 0 radical (unpaired) electrons. The van der Waals surface area contributed by atoms with Crippen LogP contribution in [0.4, 0.5) is 11.4 Å². The van der Waals surface area contributed by atoms with Crippen molar-refractivity contribution in [2.75, 3.05) is 12.0 Å². The zero-order valence-corrected chi connectivity index (χ0v) is 14.6. The normalized spacial score (nSPS) is 11.2. The van der Waals surface area contributed by atoms with E-state index >= 15 is 0 Å². The van der Waals surface area contributed by atoms with Crippen molar-refractivity contribution in [3.63, 3.8) is 0 Å². The van der Waals surface area contributed by atoms with Crippen molar-refractivity contribution < 1.29 is 9.53 Å². The first-order valence-electron chi connectivity index (χ1n) is 7.95. The highest BCUT2D eigenvalue weighted by Crippen LogP contribution is 2.36. The molecule has 23 heavy (non-hydrogen) atoms. The second-order valence-electron chi connectivity index (χ2n) is 6.55. The molecular formula is C20H25NO2. The highest BCUT2D eigenvalue weighted by molar-refractivity contribution is 6.01. The molecule has 0 atom stereocenters. The first-order valence-corrected chi connectivity index (χ1v) is 7.95. The SMILES string of the molecule is CCC(=O)N(c1ccc(OC)cc1)c1ccccc1C(C)(C)C. The number of nitrogens with zero attached hydrogens (tertiary/aromatic N) is 1. The van der Waals surface area contributed by atoms with Gasteiger partial charge in [-0.15, -0.1) is 0 Å².